The molecule has 0 aliphatic carbocycles. The van der Waals surface area contributed by atoms with Crippen molar-refractivity contribution in [3.05, 3.63) is 71.8 Å². The Bertz CT molecular complexity index is 939. The fourth-order valence-electron chi connectivity index (χ4n) is 2.15. The fraction of sp³-hybridized carbons (Fsp3) is 0.125. The summed E-state index contributed by atoms with van der Waals surface area (Å²) in [6.45, 7) is 2.23. The molecule has 4 nitrogen and oxygen atoms in total. The van der Waals surface area contributed by atoms with Gasteiger partial charge in [0.05, 0.1) is 22.3 Å². The van der Waals surface area contributed by atoms with Crippen LogP contribution in [0.3, 0.4) is 0 Å². The molecule has 0 atom stereocenters. The third-order valence-electron chi connectivity index (χ3n) is 3.45. The SMILES string of the molecule is Cc1c(Cl)cn2c(=O)cc(CNc3ccc(I)cc3)nc2c1Cl. The number of nitrogens with one attached hydrogen (secondary N) is 1. The van der Waals surface area contributed by atoms with E-state index in [2.05, 4.69) is 32.9 Å². The first-order chi connectivity index (χ1) is 11.0. The third-order valence-corrected chi connectivity index (χ3v) is 5.00. The van der Waals surface area contributed by atoms with Gasteiger partial charge in [-0.2, -0.15) is 0 Å². The van der Waals surface area contributed by atoms with Crippen LogP contribution in [0.1, 0.15) is 11.3 Å². The zero-order chi connectivity index (χ0) is 16.6. The molecule has 0 saturated heterocycles. The summed E-state index contributed by atoms with van der Waals surface area (Å²) in [5, 5.41) is 4.08. The maximum atomic E-state index is 12.2. The van der Waals surface area contributed by atoms with E-state index in [9.17, 15) is 4.79 Å². The molecule has 0 spiro atoms. The lowest BCUT2D eigenvalue weighted by Crippen LogP contribution is -2.17. The largest absolute Gasteiger partial charge is 0.379 e. The lowest BCUT2D eigenvalue weighted by molar-refractivity contribution is 0.968. The quantitative estimate of drug-likeness (QED) is 0.585. The number of pyridine rings is 1. The summed E-state index contributed by atoms with van der Waals surface area (Å²) in [7, 11) is 0. The Kier molecular flexibility index (Phi) is 4.79. The van der Waals surface area contributed by atoms with E-state index >= 15 is 0 Å². The molecule has 0 fully saturated rings. The van der Waals surface area contributed by atoms with Crippen LogP contribution >= 0.6 is 45.8 Å². The summed E-state index contributed by atoms with van der Waals surface area (Å²) >= 11 is 14.6. The maximum Gasteiger partial charge on any atom is 0.258 e. The van der Waals surface area contributed by atoms with Crippen LogP contribution < -0.4 is 10.9 Å². The topological polar surface area (TPSA) is 46.4 Å². The highest BCUT2D eigenvalue weighted by Gasteiger charge is 2.11. The average molecular weight is 460 g/mol. The van der Waals surface area contributed by atoms with Crippen molar-refractivity contribution in [3.8, 4) is 0 Å². The Morgan fingerprint density at radius 2 is 1.96 bits per heavy atom. The Hall–Kier alpha value is -1.31. The Labute approximate surface area is 156 Å². The van der Waals surface area contributed by atoms with E-state index in [1.54, 1.807) is 13.1 Å². The minimum atomic E-state index is -0.210. The summed E-state index contributed by atoms with van der Waals surface area (Å²) in [5.41, 5.74) is 2.50. The summed E-state index contributed by atoms with van der Waals surface area (Å²) in [4.78, 5) is 16.7. The molecule has 23 heavy (non-hydrogen) atoms. The van der Waals surface area contributed by atoms with Gasteiger partial charge in [0.25, 0.3) is 5.56 Å². The second kappa shape index (κ2) is 6.67. The lowest BCUT2D eigenvalue weighted by atomic mass is 10.2. The van der Waals surface area contributed by atoms with Gasteiger partial charge in [0, 0.05) is 21.5 Å². The fourth-order valence-corrected chi connectivity index (χ4v) is 2.99. The van der Waals surface area contributed by atoms with Gasteiger partial charge in [-0.15, -0.1) is 0 Å². The van der Waals surface area contributed by atoms with Crippen molar-refractivity contribution in [3.63, 3.8) is 0 Å². The summed E-state index contributed by atoms with van der Waals surface area (Å²) < 4.78 is 2.53. The normalized spacial score (nSPS) is 11.0. The van der Waals surface area contributed by atoms with Crippen LogP contribution in [0.2, 0.25) is 10.0 Å². The van der Waals surface area contributed by atoms with Crippen LogP contribution in [0.5, 0.6) is 0 Å². The van der Waals surface area contributed by atoms with Gasteiger partial charge in [0.15, 0.2) is 5.65 Å². The minimum Gasteiger partial charge on any atom is -0.379 e. The zero-order valence-corrected chi connectivity index (χ0v) is 15.8. The van der Waals surface area contributed by atoms with Gasteiger partial charge in [-0.05, 0) is 59.3 Å². The van der Waals surface area contributed by atoms with Crippen LogP contribution in [-0.4, -0.2) is 9.38 Å². The van der Waals surface area contributed by atoms with Gasteiger partial charge in [0.2, 0.25) is 0 Å². The molecule has 0 amide bonds. The van der Waals surface area contributed by atoms with Crippen molar-refractivity contribution in [2.45, 2.75) is 13.5 Å². The monoisotopic (exact) mass is 459 g/mol. The predicted molar refractivity (Wildman–Crippen MR) is 103 cm³/mol. The van der Waals surface area contributed by atoms with Gasteiger partial charge in [-0.1, -0.05) is 23.2 Å². The van der Waals surface area contributed by atoms with Crippen molar-refractivity contribution in [1.29, 1.82) is 0 Å². The molecule has 0 aliphatic rings. The standard InChI is InChI=1S/C16H12Cl2IN3O/c1-9-13(17)8-22-14(23)6-12(21-16(22)15(9)18)7-20-11-4-2-10(19)3-5-11/h2-6,8,20H,7H2,1H3. The highest BCUT2D eigenvalue weighted by molar-refractivity contribution is 14.1. The average Bonchev–Trinajstić information content (AvgIpc) is 2.53. The van der Waals surface area contributed by atoms with E-state index in [0.29, 0.717) is 33.5 Å². The number of rotatable bonds is 3. The van der Waals surface area contributed by atoms with E-state index in [-0.39, 0.29) is 5.56 Å². The predicted octanol–water partition coefficient (Wildman–Crippen LogP) is 4.53. The molecule has 1 aromatic carbocycles. The van der Waals surface area contributed by atoms with Gasteiger partial charge < -0.3 is 5.32 Å². The number of halogens is 3. The van der Waals surface area contributed by atoms with Crippen molar-refractivity contribution >= 4 is 57.1 Å². The Morgan fingerprint density at radius 1 is 1.26 bits per heavy atom. The highest BCUT2D eigenvalue weighted by Crippen LogP contribution is 2.26. The second-order valence-electron chi connectivity index (χ2n) is 5.06. The smallest absolute Gasteiger partial charge is 0.258 e. The first-order valence-corrected chi connectivity index (χ1v) is 8.65. The molecule has 0 radical (unpaired) electrons. The maximum absolute atomic E-state index is 12.2. The molecule has 1 N–H and O–H groups in total. The van der Waals surface area contributed by atoms with Crippen molar-refractivity contribution in [2.24, 2.45) is 0 Å². The van der Waals surface area contributed by atoms with Crippen LogP contribution in [0, 0.1) is 10.5 Å². The summed E-state index contributed by atoms with van der Waals surface area (Å²) in [6.07, 6.45) is 1.55. The summed E-state index contributed by atoms with van der Waals surface area (Å²) in [6, 6.07) is 9.45. The van der Waals surface area contributed by atoms with E-state index < -0.39 is 0 Å². The molecule has 3 aromatic rings. The first-order valence-electron chi connectivity index (χ1n) is 6.82. The van der Waals surface area contributed by atoms with Gasteiger partial charge in [-0.25, -0.2) is 4.98 Å². The molecule has 0 bridgehead atoms. The van der Waals surface area contributed by atoms with Crippen LogP contribution in [0.4, 0.5) is 5.69 Å². The third kappa shape index (κ3) is 3.46. The molecule has 118 valence electrons. The van der Waals surface area contributed by atoms with Crippen LogP contribution in [0.15, 0.2) is 41.3 Å². The molecule has 0 saturated carbocycles. The molecule has 0 aliphatic heterocycles. The molecule has 2 aromatic heterocycles. The number of nitrogens with zero attached hydrogens (tertiary/aromatic N) is 2. The number of anilines is 1. The number of benzene rings is 1. The van der Waals surface area contributed by atoms with Gasteiger partial charge >= 0.3 is 0 Å². The zero-order valence-electron chi connectivity index (χ0n) is 12.1. The summed E-state index contributed by atoms with van der Waals surface area (Å²) in [5.74, 6) is 0. The Morgan fingerprint density at radius 3 is 2.65 bits per heavy atom. The van der Waals surface area contributed by atoms with Gasteiger partial charge in [0.1, 0.15) is 0 Å². The number of fused-ring (bicyclic) bond motifs is 1. The van der Waals surface area contributed by atoms with Gasteiger partial charge in [-0.3, -0.25) is 9.20 Å². The highest BCUT2D eigenvalue weighted by atomic mass is 127. The molecule has 2 heterocycles. The molecular formula is C16H12Cl2IN3O. The van der Waals surface area contributed by atoms with E-state index in [1.165, 1.54) is 10.5 Å². The molecule has 0 unspecified atom stereocenters. The van der Waals surface area contributed by atoms with Crippen LogP contribution in [0.25, 0.3) is 5.65 Å². The van der Waals surface area contributed by atoms with Crippen molar-refractivity contribution in [2.75, 3.05) is 5.32 Å². The first kappa shape index (κ1) is 16.5. The van der Waals surface area contributed by atoms with Crippen molar-refractivity contribution in [1.82, 2.24) is 9.38 Å². The molecule has 7 heteroatoms. The molecular weight excluding hydrogens is 448 g/mol. The number of hydrogen-bond donors (Lipinski definition) is 1. The lowest BCUT2D eigenvalue weighted by Gasteiger charge is -2.10. The van der Waals surface area contributed by atoms with Crippen molar-refractivity contribution < 1.29 is 0 Å². The van der Waals surface area contributed by atoms with E-state index in [0.717, 1.165) is 9.26 Å². The van der Waals surface area contributed by atoms with Crippen LogP contribution in [-0.2, 0) is 6.54 Å². The second-order valence-corrected chi connectivity index (χ2v) is 7.09. The van der Waals surface area contributed by atoms with E-state index in [4.69, 9.17) is 23.2 Å². The minimum absolute atomic E-state index is 0.210. The molecule has 3 rings (SSSR count). The Balaban J connectivity index is 1.96. The number of hydrogen-bond acceptors (Lipinski definition) is 3. The van der Waals surface area contributed by atoms with E-state index in [1.807, 2.05) is 24.3 Å². The number of aromatic nitrogens is 2.